The minimum Gasteiger partial charge on any atom is -0.369 e. The van der Waals surface area contributed by atoms with Crippen LogP contribution in [0.15, 0.2) is 0 Å². The highest BCUT2D eigenvalue weighted by Crippen LogP contribution is 2.22. The van der Waals surface area contributed by atoms with Gasteiger partial charge in [0.2, 0.25) is 11.9 Å². The molecule has 2 heterocycles. The van der Waals surface area contributed by atoms with Crippen molar-refractivity contribution < 1.29 is 4.79 Å². The number of fused-ring (bicyclic) bond motifs is 1. The van der Waals surface area contributed by atoms with Crippen LogP contribution in [-0.2, 0) is 24.8 Å². The molecule has 2 N–H and O–H groups in total. The SMILES string of the molecule is CCCc1nn(C)c2c1nc(N)n2CC(=O)N(CC)CC. The number of anilines is 1. The van der Waals surface area contributed by atoms with Gasteiger partial charge in [-0.1, -0.05) is 13.3 Å². The Morgan fingerprint density at radius 1 is 1.29 bits per heavy atom. The molecule has 2 aromatic rings. The normalized spacial score (nSPS) is 11.2. The fourth-order valence-electron chi connectivity index (χ4n) is 2.63. The lowest BCUT2D eigenvalue weighted by molar-refractivity contribution is -0.131. The van der Waals surface area contributed by atoms with Crippen LogP contribution in [0.2, 0.25) is 0 Å². The number of hydrogen-bond donors (Lipinski definition) is 1. The summed E-state index contributed by atoms with van der Waals surface area (Å²) >= 11 is 0. The Kier molecular flexibility index (Phi) is 4.50. The van der Waals surface area contributed by atoms with E-state index >= 15 is 0 Å². The van der Waals surface area contributed by atoms with Gasteiger partial charge in [0.15, 0.2) is 5.65 Å². The molecule has 0 unspecified atom stereocenters. The molecular formula is C14H24N6O. The Morgan fingerprint density at radius 2 is 1.95 bits per heavy atom. The minimum absolute atomic E-state index is 0.0456. The minimum atomic E-state index is 0.0456. The van der Waals surface area contributed by atoms with E-state index in [1.165, 1.54) is 0 Å². The molecule has 0 bridgehead atoms. The molecule has 1 amide bonds. The maximum absolute atomic E-state index is 12.3. The molecule has 0 saturated carbocycles. The summed E-state index contributed by atoms with van der Waals surface area (Å²) in [6.45, 7) is 7.63. The van der Waals surface area contributed by atoms with Gasteiger partial charge in [-0.25, -0.2) is 4.98 Å². The predicted octanol–water partition coefficient (Wildman–Crippen LogP) is 1.17. The van der Waals surface area contributed by atoms with E-state index in [2.05, 4.69) is 17.0 Å². The van der Waals surface area contributed by atoms with Crippen molar-refractivity contribution in [2.45, 2.75) is 40.2 Å². The number of carbonyl (C=O) groups excluding carboxylic acids is 1. The number of amides is 1. The zero-order valence-corrected chi connectivity index (χ0v) is 13.3. The summed E-state index contributed by atoms with van der Waals surface area (Å²) < 4.78 is 3.52. The van der Waals surface area contributed by atoms with Gasteiger partial charge in [0.1, 0.15) is 12.1 Å². The van der Waals surface area contributed by atoms with Crippen molar-refractivity contribution in [3.63, 3.8) is 0 Å². The molecular weight excluding hydrogens is 268 g/mol. The maximum Gasteiger partial charge on any atom is 0.242 e. The molecule has 7 nitrogen and oxygen atoms in total. The van der Waals surface area contributed by atoms with Crippen LogP contribution in [0, 0.1) is 0 Å². The van der Waals surface area contributed by atoms with Crippen molar-refractivity contribution in [2.24, 2.45) is 7.05 Å². The summed E-state index contributed by atoms with van der Waals surface area (Å²) in [5, 5.41) is 4.49. The molecule has 116 valence electrons. The lowest BCUT2D eigenvalue weighted by atomic mass is 10.2. The van der Waals surface area contributed by atoms with Gasteiger partial charge in [0.05, 0.1) is 5.69 Å². The number of likely N-dealkylation sites (N-methyl/N-ethyl adjacent to an activating group) is 1. The monoisotopic (exact) mass is 292 g/mol. The van der Waals surface area contributed by atoms with Crippen molar-refractivity contribution in [3.05, 3.63) is 5.69 Å². The zero-order valence-electron chi connectivity index (χ0n) is 13.3. The summed E-state index contributed by atoms with van der Waals surface area (Å²) in [7, 11) is 1.86. The largest absolute Gasteiger partial charge is 0.369 e. The van der Waals surface area contributed by atoms with Crippen LogP contribution in [0.25, 0.3) is 11.2 Å². The number of carbonyl (C=O) groups is 1. The molecule has 0 aliphatic rings. The van der Waals surface area contributed by atoms with Crippen molar-refractivity contribution in [2.75, 3.05) is 18.8 Å². The van der Waals surface area contributed by atoms with Crippen LogP contribution in [0.4, 0.5) is 5.95 Å². The second-order valence-corrected chi connectivity index (χ2v) is 5.11. The standard InChI is InChI=1S/C14H24N6O/c1-5-8-10-12-13(18(4)17-10)20(14(15)16-12)9-11(21)19(6-2)7-3/h5-9H2,1-4H3,(H2,15,16). The smallest absolute Gasteiger partial charge is 0.242 e. The van der Waals surface area contributed by atoms with Crippen LogP contribution in [0.1, 0.15) is 32.9 Å². The number of hydrogen-bond acceptors (Lipinski definition) is 4. The number of aryl methyl sites for hydroxylation is 2. The quantitative estimate of drug-likeness (QED) is 0.866. The van der Waals surface area contributed by atoms with Crippen LogP contribution in [-0.4, -0.2) is 43.2 Å². The van der Waals surface area contributed by atoms with Crippen LogP contribution in [0.3, 0.4) is 0 Å². The van der Waals surface area contributed by atoms with E-state index in [9.17, 15) is 4.79 Å². The number of nitrogen functional groups attached to an aromatic ring is 1. The van der Waals surface area contributed by atoms with E-state index in [0.29, 0.717) is 19.0 Å². The molecule has 0 radical (unpaired) electrons. The van der Waals surface area contributed by atoms with E-state index in [1.54, 1.807) is 14.1 Å². The Hall–Kier alpha value is -2.05. The fraction of sp³-hybridized carbons (Fsp3) is 0.643. The molecule has 2 aromatic heterocycles. The molecule has 0 spiro atoms. The van der Waals surface area contributed by atoms with E-state index in [4.69, 9.17) is 5.73 Å². The van der Waals surface area contributed by atoms with Crippen LogP contribution in [0.5, 0.6) is 0 Å². The average Bonchev–Trinajstić information content (AvgIpc) is 2.91. The van der Waals surface area contributed by atoms with E-state index in [1.807, 2.05) is 20.9 Å². The van der Waals surface area contributed by atoms with E-state index < -0.39 is 0 Å². The molecule has 21 heavy (non-hydrogen) atoms. The predicted molar refractivity (Wildman–Crippen MR) is 82.8 cm³/mol. The molecule has 2 rings (SSSR count). The topological polar surface area (TPSA) is 82.0 Å². The lowest BCUT2D eigenvalue weighted by Gasteiger charge is -2.19. The second kappa shape index (κ2) is 6.15. The highest BCUT2D eigenvalue weighted by Gasteiger charge is 2.20. The van der Waals surface area contributed by atoms with E-state index in [0.717, 1.165) is 29.7 Å². The lowest BCUT2D eigenvalue weighted by Crippen LogP contribution is -2.33. The number of rotatable bonds is 6. The van der Waals surface area contributed by atoms with Crippen molar-refractivity contribution in [1.29, 1.82) is 0 Å². The Balaban J connectivity index is 2.40. The summed E-state index contributed by atoms with van der Waals surface area (Å²) in [5.74, 6) is 0.417. The van der Waals surface area contributed by atoms with Crippen molar-refractivity contribution in [1.82, 2.24) is 24.2 Å². The zero-order chi connectivity index (χ0) is 15.6. The maximum atomic E-state index is 12.3. The number of aromatic nitrogens is 4. The number of nitrogens with two attached hydrogens (primary N) is 1. The number of imidazole rings is 1. The van der Waals surface area contributed by atoms with Gasteiger partial charge in [-0.3, -0.25) is 14.0 Å². The van der Waals surface area contributed by atoms with Gasteiger partial charge < -0.3 is 10.6 Å². The summed E-state index contributed by atoms with van der Waals surface area (Å²) in [5.41, 5.74) is 8.57. The first kappa shape index (κ1) is 15.3. The van der Waals surface area contributed by atoms with Crippen molar-refractivity contribution in [3.8, 4) is 0 Å². The molecule has 7 heteroatoms. The first-order valence-electron chi connectivity index (χ1n) is 7.48. The van der Waals surface area contributed by atoms with E-state index in [-0.39, 0.29) is 12.5 Å². The Labute approximate surface area is 124 Å². The van der Waals surface area contributed by atoms with Crippen LogP contribution >= 0.6 is 0 Å². The second-order valence-electron chi connectivity index (χ2n) is 5.11. The Bertz CT molecular complexity index is 637. The van der Waals surface area contributed by atoms with Crippen LogP contribution < -0.4 is 5.73 Å². The third-order valence-electron chi connectivity index (χ3n) is 3.72. The molecule has 0 aliphatic heterocycles. The molecule has 0 fully saturated rings. The molecule has 0 aromatic carbocycles. The van der Waals surface area contributed by atoms with Crippen molar-refractivity contribution >= 4 is 23.0 Å². The first-order valence-corrected chi connectivity index (χ1v) is 7.48. The third kappa shape index (κ3) is 2.72. The third-order valence-corrected chi connectivity index (χ3v) is 3.72. The van der Waals surface area contributed by atoms with Gasteiger partial charge in [-0.15, -0.1) is 0 Å². The summed E-state index contributed by atoms with van der Waals surface area (Å²) in [6.07, 6.45) is 1.86. The average molecular weight is 292 g/mol. The molecule has 0 saturated heterocycles. The fourth-order valence-corrected chi connectivity index (χ4v) is 2.63. The molecule has 0 atom stereocenters. The highest BCUT2D eigenvalue weighted by atomic mass is 16.2. The van der Waals surface area contributed by atoms with Gasteiger partial charge in [-0.05, 0) is 20.3 Å². The summed E-state index contributed by atoms with van der Waals surface area (Å²) in [6, 6.07) is 0. The highest BCUT2D eigenvalue weighted by molar-refractivity contribution is 5.82. The van der Waals surface area contributed by atoms with Gasteiger partial charge in [0, 0.05) is 20.1 Å². The number of nitrogens with zero attached hydrogens (tertiary/aromatic N) is 5. The summed E-state index contributed by atoms with van der Waals surface area (Å²) in [4.78, 5) is 18.5. The van der Waals surface area contributed by atoms with Gasteiger partial charge in [0.25, 0.3) is 0 Å². The van der Waals surface area contributed by atoms with Gasteiger partial charge >= 0.3 is 0 Å². The first-order chi connectivity index (χ1) is 10.0. The molecule has 0 aliphatic carbocycles. The Morgan fingerprint density at radius 3 is 2.52 bits per heavy atom. The van der Waals surface area contributed by atoms with Gasteiger partial charge in [-0.2, -0.15) is 5.10 Å².